The van der Waals surface area contributed by atoms with Gasteiger partial charge in [-0.3, -0.25) is 4.98 Å². The second-order valence-corrected chi connectivity index (χ2v) is 7.46. The van der Waals surface area contributed by atoms with Gasteiger partial charge >= 0.3 is 0 Å². The summed E-state index contributed by atoms with van der Waals surface area (Å²) in [4.78, 5) is 4.84. The van der Waals surface area contributed by atoms with E-state index >= 15 is 0 Å². The predicted molar refractivity (Wildman–Crippen MR) is 80.6 cm³/mol. The number of nitrogens with zero attached hydrogens (tertiary/aromatic N) is 1. The lowest BCUT2D eigenvalue weighted by atomic mass is 9.60. The van der Waals surface area contributed by atoms with Gasteiger partial charge in [-0.2, -0.15) is 0 Å². The quantitative estimate of drug-likeness (QED) is 0.772. The van der Waals surface area contributed by atoms with E-state index in [1.165, 1.54) is 34.2 Å². The minimum Gasteiger partial charge on any atom is -0.388 e. The van der Waals surface area contributed by atoms with Crippen molar-refractivity contribution in [2.45, 2.75) is 58.0 Å². The fourth-order valence-corrected chi connectivity index (χ4v) is 4.36. The van der Waals surface area contributed by atoms with Gasteiger partial charge in [-0.05, 0) is 65.7 Å². The summed E-state index contributed by atoms with van der Waals surface area (Å²) in [6.45, 7) is 4.37. The number of hydrogen-bond acceptors (Lipinski definition) is 2. The maximum absolute atomic E-state index is 10.4. The minimum atomic E-state index is -0.297. The molecule has 0 bridgehead atoms. The maximum atomic E-state index is 10.4. The SMILES string of the molecule is CC(C)c1cc(I)c2c(n1)CC1(CCC1)C[C@@H]2O. The van der Waals surface area contributed by atoms with Crippen LogP contribution >= 0.6 is 22.6 Å². The van der Waals surface area contributed by atoms with Crippen LogP contribution in [0.1, 0.15) is 68.5 Å². The molecule has 3 heteroatoms. The highest BCUT2D eigenvalue weighted by atomic mass is 127. The predicted octanol–water partition coefficient (Wildman–Crippen LogP) is 3.96. The lowest BCUT2D eigenvalue weighted by Gasteiger charge is -2.47. The molecule has 0 saturated heterocycles. The summed E-state index contributed by atoms with van der Waals surface area (Å²) in [5.41, 5.74) is 3.82. The molecule has 0 aromatic carbocycles. The molecule has 2 nitrogen and oxygen atoms in total. The first-order chi connectivity index (χ1) is 8.51. The van der Waals surface area contributed by atoms with Crippen molar-refractivity contribution < 1.29 is 5.11 Å². The van der Waals surface area contributed by atoms with Gasteiger partial charge in [0.05, 0.1) is 6.10 Å². The molecule has 3 rings (SSSR count). The van der Waals surface area contributed by atoms with E-state index in [0.717, 1.165) is 18.4 Å². The van der Waals surface area contributed by atoms with E-state index in [1.807, 2.05) is 0 Å². The molecule has 1 aromatic rings. The Kier molecular flexibility index (Phi) is 3.17. The van der Waals surface area contributed by atoms with Gasteiger partial charge in [0.2, 0.25) is 0 Å². The van der Waals surface area contributed by atoms with Crippen LogP contribution in [0.5, 0.6) is 0 Å². The summed E-state index contributed by atoms with van der Waals surface area (Å²) < 4.78 is 1.20. The van der Waals surface area contributed by atoms with Gasteiger partial charge in [0.1, 0.15) is 0 Å². The average molecular weight is 357 g/mol. The zero-order valence-electron chi connectivity index (χ0n) is 11.0. The van der Waals surface area contributed by atoms with Gasteiger partial charge in [-0.1, -0.05) is 20.3 Å². The first-order valence-electron chi connectivity index (χ1n) is 6.88. The summed E-state index contributed by atoms with van der Waals surface area (Å²) >= 11 is 2.36. The average Bonchev–Trinajstić information content (AvgIpc) is 2.25. The molecule has 1 fully saturated rings. The first-order valence-corrected chi connectivity index (χ1v) is 7.96. The molecule has 0 amide bonds. The van der Waals surface area contributed by atoms with Crippen molar-refractivity contribution in [2.75, 3.05) is 0 Å². The number of aromatic nitrogens is 1. The van der Waals surface area contributed by atoms with E-state index in [0.29, 0.717) is 11.3 Å². The molecule has 2 aliphatic carbocycles. The fraction of sp³-hybridized carbons (Fsp3) is 0.667. The molecule has 1 heterocycles. The van der Waals surface area contributed by atoms with Crippen LogP contribution in [0.3, 0.4) is 0 Å². The van der Waals surface area contributed by atoms with E-state index in [4.69, 9.17) is 4.98 Å². The van der Waals surface area contributed by atoms with Gasteiger partial charge in [-0.25, -0.2) is 0 Å². The molecule has 1 aromatic heterocycles. The number of rotatable bonds is 1. The number of halogens is 1. The largest absolute Gasteiger partial charge is 0.388 e. The van der Waals surface area contributed by atoms with Crippen molar-refractivity contribution in [3.05, 3.63) is 26.6 Å². The molecule has 1 atom stereocenters. The number of aliphatic hydroxyl groups is 1. The van der Waals surface area contributed by atoms with Crippen molar-refractivity contribution in [1.82, 2.24) is 4.98 Å². The summed E-state index contributed by atoms with van der Waals surface area (Å²) in [7, 11) is 0. The Hall–Kier alpha value is -0.160. The van der Waals surface area contributed by atoms with E-state index in [1.54, 1.807) is 0 Å². The molecule has 1 N–H and O–H groups in total. The summed E-state index contributed by atoms with van der Waals surface area (Å²) in [6.07, 6.45) is 5.59. The lowest BCUT2D eigenvalue weighted by molar-refractivity contribution is 0.0239. The fourth-order valence-electron chi connectivity index (χ4n) is 3.37. The highest BCUT2D eigenvalue weighted by molar-refractivity contribution is 14.1. The molecule has 0 aliphatic heterocycles. The third kappa shape index (κ3) is 1.99. The minimum absolute atomic E-state index is 0.297. The second kappa shape index (κ2) is 4.44. The van der Waals surface area contributed by atoms with Gasteiger partial charge in [0, 0.05) is 20.5 Å². The van der Waals surface area contributed by atoms with Gasteiger partial charge in [0.15, 0.2) is 0 Å². The van der Waals surface area contributed by atoms with Crippen LogP contribution in [0.2, 0.25) is 0 Å². The Morgan fingerprint density at radius 2 is 2.17 bits per heavy atom. The standard InChI is InChI=1S/C15H20INO/c1-9(2)11-6-10(16)14-12(17-11)7-15(4-3-5-15)8-13(14)18/h6,9,13,18H,3-5,7-8H2,1-2H3/t13-/m0/s1. The van der Waals surface area contributed by atoms with Crippen LogP contribution in [0.25, 0.3) is 0 Å². The molecule has 0 unspecified atom stereocenters. The van der Waals surface area contributed by atoms with Crippen molar-refractivity contribution in [3.8, 4) is 0 Å². The van der Waals surface area contributed by atoms with Crippen molar-refractivity contribution in [2.24, 2.45) is 5.41 Å². The van der Waals surface area contributed by atoms with Gasteiger partial charge in [-0.15, -0.1) is 0 Å². The van der Waals surface area contributed by atoms with E-state index in [9.17, 15) is 5.11 Å². The molecule has 18 heavy (non-hydrogen) atoms. The van der Waals surface area contributed by atoms with Crippen molar-refractivity contribution >= 4 is 22.6 Å². The van der Waals surface area contributed by atoms with Crippen molar-refractivity contribution in [1.29, 1.82) is 0 Å². The number of pyridine rings is 1. The molecular formula is C15H20INO. The molecular weight excluding hydrogens is 337 g/mol. The third-order valence-electron chi connectivity index (χ3n) is 4.61. The van der Waals surface area contributed by atoms with Crippen LogP contribution in [-0.4, -0.2) is 10.1 Å². The lowest BCUT2D eigenvalue weighted by Crippen LogP contribution is -2.38. The molecule has 0 radical (unpaired) electrons. The van der Waals surface area contributed by atoms with Crippen LogP contribution < -0.4 is 0 Å². The summed E-state index contributed by atoms with van der Waals surface area (Å²) in [5.74, 6) is 0.459. The van der Waals surface area contributed by atoms with Crippen LogP contribution in [0.15, 0.2) is 6.07 Å². The smallest absolute Gasteiger partial charge is 0.0823 e. The number of fused-ring (bicyclic) bond motifs is 1. The van der Waals surface area contributed by atoms with Gasteiger partial charge < -0.3 is 5.11 Å². The topological polar surface area (TPSA) is 33.1 Å². The zero-order chi connectivity index (χ0) is 12.9. The van der Waals surface area contributed by atoms with E-state index in [2.05, 4.69) is 42.5 Å². The van der Waals surface area contributed by atoms with Gasteiger partial charge in [0.25, 0.3) is 0 Å². The highest BCUT2D eigenvalue weighted by Gasteiger charge is 2.44. The Balaban J connectivity index is 2.05. The molecule has 1 spiro atoms. The second-order valence-electron chi connectivity index (χ2n) is 6.29. The Morgan fingerprint density at radius 1 is 1.44 bits per heavy atom. The van der Waals surface area contributed by atoms with E-state index in [-0.39, 0.29) is 6.10 Å². The monoisotopic (exact) mass is 357 g/mol. The Morgan fingerprint density at radius 3 is 2.72 bits per heavy atom. The third-order valence-corrected chi connectivity index (χ3v) is 5.51. The highest BCUT2D eigenvalue weighted by Crippen LogP contribution is 2.53. The first kappa shape index (κ1) is 12.9. The Labute approximate surface area is 122 Å². The molecule has 1 saturated carbocycles. The van der Waals surface area contributed by atoms with Crippen LogP contribution in [0.4, 0.5) is 0 Å². The maximum Gasteiger partial charge on any atom is 0.0823 e. The zero-order valence-corrected chi connectivity index (χ0v) is 13.2. The molecule has 98 valence electrons. The summed E-state index contributed by atoms with van der Waals surface area (Å²) in [6, 6.07) is 2.14. The van der Waals surface area contributed by atoms with Crippen LogP contribution in [-0.2, 0) is 6.42 Å². The normalized spacial score (nSPS) is 25.1. The number of hydrogen-bond donors (Lipinski definition) is 1. The van der Waals surface area contributed by atoms with Crippen molar-refractivity contribution in [3.63, 3.8) is 0 Å². The van der Waals surface area contributed by atoms with Crippen LogP contribution in [0, 0.1) is 8.99 Å². The number of aliphatic hydroxyl groups excluding tert-OH is 1. The summed E-state index contributed by atoms with van der Waals surface area (Å²) in [5, 5.41) is 10.4. The molecule has 2 aliphatic rings. The Bertz CT molecular complexity index is 480. The van der Waals surface area contributed by atoms with E-state index < -0.39 is 0 Å².